The lowest BCUT2D eigenvalue weighted by molar-refractivity contribution is 0.0686. The van der Waals surface area contributed by atoms with Gasteiger partial charge in [0.15, 0.2) is 0 Å². The van der Waals surface area contributed by atoms with Crippen LogP contribution in [0.3, 0.4) is 0 Å². The summed E-state index contributed by atoms with van der Waals surface area (Å²) in [6.07, 6.45) is 5.72. The van der Waals surface area contributed by atoms with Gasteiger partial charge in [-0.2, -0.15) is 5.10 Å². The molecule has 7 heteroatoms. The number of carbonyl (C=O) groups is 1. The normalized spacial score (nSPS) is 13.4. The molecule has 0 bridgehead atoms. The van der Waals surface area contributed by atoms with E-state index in [1.807, 2.05) is 39.1 Å². The molecule has 2 N–H and O–H groups in total. The van der Waals surface area contributed by atoms with Crippen molar-refractivity contribution in [2.75, 3.05) is 7.11 Å². The molecule has 2 heterocycles. The van der Waals surface area contributed by atoms with E-state index in [0.717, 1.165) is 5.56 Å². The van der Waals surface area contributed by atoms with Gasteiger partial charge in [-0.15, -0.1) is 0 Å². The molecular formula is C16H20ClN3O3. The first-order chi connectivity index (χ1) is 10.7. The van der Waals surface area contributed by atoms with E-state index < -0.39 is 12.2 Å². The van der Waals surface area contributed by atoms with Crippen LogP contribution in [-0.2, 0) is 4.74 Å². The van der Waals surface area contributed by atoms with Crippen molar-refractivity contribution in [3.05, 3.63) is 35.1 Å². The molecule has 124 valence electrons. The Kier molecular flexibility index (Phi) is 4.85. The van der Waals surface area contributed by atoms with Gasteiger partial charge < -0.3 is 15.2 Å². The fourth-order valence-electron chi connectivity index (χ4n) is 2.14. The molecule has 23 heavy (non-hydrogen) atoms. The highest BCUT2D eigenvalue weighted by Gasteiger charge is 2.25. The van der Waals surface area contributed by atoms with Crippen molar-refractivity contribution in [1.82, 2.24) is 9.61 Å². The van der Waals surface area contributed by atoms with Gasteiger partial charge in [0.05, 0.1) is 18.3 Å². The molecule has 2 aromatic heterocycles. The van der Waals surface area contributed by atoms with Crippen LogP contribution in [0.15, 0.2) is 24.5 Å². The third kappa shape index (κ3) is 3.96. The smallest absolute Gasteiger partial charge is 0.405 e. The monoisotopic (exact) mass is 337 g/mol. The van der Waals surface area contributed by atoms with E-state index in [4.69, 9.17) is 26.8 Å². The van der Waals surface area contributed by atoms with E-state index in [1.165, 1.54) is 0 Å². The number of halogens is 1. The van der Waals surface area contributed by atoms with Gasteiger partial charge in [-0.05, 0) is 17.7 Å². The maximum Gasteiger partial charge on any atom is 0.405 e. The highest BCUT2D eigenvalue weighted by Crippen LogP contribution is 2.29. The molecule has 0 aliphatic carbocycles. The molecule has 0 fully saturated rings. The first-order valence-electron chi connectivity index (χ1n) is 7.07. The van der Waals surface area contributed by atoms with Gasteiger partial charge in [-0.1, -0.05) is 38.4 Å². The molecule has 1 unspecified atom stereocenters. The van der Waals surface area contributed by atoms with E-state index in [-0.39, 0.29) is 5.41 Å². The second-order valence-electron chi connectivity index (χ2n) is 6.21. The molecular weight excluding hydrogens is 318 g/mol. The number of fused-ring (bicyclic) bond motifs is 1. The summed E-state index contributed by atoms with van der Waals surface area (Å²) in [5.41, 5.74) is 6.39. The fourth-order valence-corrected chi connectivity index (χ4v) is 2.37. The van der Waals surface area contributed by atoms with Crippen LogP contribution < -0.4 is 10.5 Å². The van der Waals surface area contributed by atoms with Crippen molar-refractivity contribution in [3.8, 4) is 5.75 Å². The number of primary amides is 1. The van der Waals surface area contributed by atoms with Crippen LogP contribution in [0.5, 0.6) is 5.75 Å². The van der Waals surface area contributed by atoms with Gasteiger partial charge in [0, 0.05) is 11.6 Å². The van der Waals surface area contributed by atoms with Crippen LogP contribution in [-0.4, -0.2) is 28.9 Å². The van der Waals surface area contributed by atoms with E-state index in [2.05, 4.69) is 5.10 Å². The molecule has 2 rings (SSSR count). The van der Waals surface area contributed by atoms with E-state index >= 15 is 0 Å². The van der Waals surface area contributed by atoms with Gasteiger partial charge in [-0.25, -0.2) is 9.31 Å². The number of hydrogen-bond donors (Lipinski definition) is 1. The number of rotatable bonds is 4. The summed E-state index contributed by atoms with van der Waals surface area (Å²) in [6.45, 7) is 5.88. The Morgan fingerprint density at radius 1 is 1.48 bits per heavy atom. The lowest BCUT2D eigenvalue weighted by atomic mass is 9.88. The van der Waals surface area contributed by atoms with Crippen LogP contribution in [0.25, 0.3) is 11.6 Å². The molecule has 1 atom stereocenters. The average molecular weight is 338 g/mol. The van der Waals surface area contributed by atoms with Gasteiger partial charge in [0.25, 0.3) is 0 Å². The first kappa shape index (κ1) is 17.1. The summed E-state index contributed by atoms with van der Waals surface area (Å²) in [6, 6.07) is 1.84. The van der Waals surface area contributed by atoms with E-state index in [1.54, 1.807) is 23.9 Å². The van der Waals surface area contributed by atoms with Crippen LogP contribution in [0.1, 0.15) is 26.3 Å². The molecule has 0 aliphatic rings. The van der Waals surface area contributed by atoms with Gasteiger partial charge in [-0.3, -0.25) is 0 Å². The minimum atomic E-state index is -0.804. The second kappa shape index (κ2) is 6.50. The molecule has 6 nitrogen and oxygen atoms in total. The number of ether oxygens (including phenoxy) is 2. The first-order valence-corrected chi connectivity index (χ1v) is 7.45. The summed E-state index contributed by atoms with van der Waals surface area (Å²) in [7, 11) is 1.57. The molecule has 0 aromatic carbocycles. The van der Waals surface area contributed by atoms with Crippen LogP contribution in [0.2, 0.25) is 5.02 Å². The predicted octanol–water partition coefficient (Wildman–Crippen LogP) is 3.52. The van der Waals surface area contributed by atoms with Gasteiger partial charge in [0.2, 0.25) is 0 Å². The van der Waals surface area contributed by atoms with Crippen molar-refractivity contribution in [3.63, 3.8) is 0 Å². The number of hydrogen-bond acceptors (Lipinski definition) is 4. The van der Waals surface area contributed by atoms with Crippen molar-refractivity contribution in [1.29, 1.82) is 0 Å². The third-order valence-electron chi connectivity index (χ3n) is 3.33. The third-order valence-corrected chi connectivity index (χ3v) is 3.61. The zero-order valence-electron chi connectivity index (χ0n) is 13.5. The zero-order chi connectivity index (χ0) is 17.2. The zero-order valence-corrected chi connectivity index (χ0v) is 14.3. The molecule has 0 radical (unpaired) electrons. The number of carbonyl (C=O) groups excluding carboxylic acids is 1. The summed E-state index contributed by atoms with van der Waals surface area (Å²) < 4.78 is 12.2. The van der Waals surface area contributed by atoms with Crippen molar-refractivity contribution in [2.45, 2.75) is 26.9 Å². The lowest BCUT2D eigenvalue weighted by Gasteiger charge is -2.27. The van der Waals surface area contributed by atoms with Gasteiger partial charge in [0.1, 0.15) is 17.4 Å². The Labute approximate surface area is 139 Å². The summed E-state index contributed by atoms with van der Waals surface area (Å²) in [5, 5.41) is 4.69. The molecule has 2 aromatic rings. The van der Waals surface area contributed by atoms with Crippen LogP contribution in [0, 0.1) is 5.41 Å². The Bertz CT molecular complexity index is 747. The topological polar surface area (TPSA) is 78.9 Å². The lowest BCUT2D eigenvalue weighted by Crippen LogP contribution is -2.32. The SMILES string of the molecule is COc1cc(/C=C/C(OC(N)=O)C(C)(C)C)cn2ncc(Cl)c12. The second-order valence-corrected chi connectivity index (χ2v) is 6.62. The number of amides is 1. The molecule has 0 saturated carbocycles. The van der Waals surface area contributed by atoms with E-state index in [0.29, 0.717) is 16.3 Å². The largest absolute Gasteiger partial charge is 0.494 e. The van der Waals surface area contributed by atoms with Crippen molar-refractivity contribution in [2.24, 2.45) is 11.1 Å². The van der Waals surface area contributed by atoms with Crippen molar-refractivity contribution < 1.29 is 14.3 Å². The maximum absolute atomic E-state index is 11.1. The van der Waals surface area contributed by atoms with Gasteiger partial charge >= 0.3 is 6.09 Å². The predicted molar refractivity (Wildman–Crippen MR) is 89.7 cm³/mol. The standard InChI is InChI=1S/C16H20ClN3O3/c1-16(2,3)13(23-15(18)21)6-5-10-7-12(22-4)14-11(17)8-19-20(14)9-10/h5-9,13H,1-4H3,(H2,18,21)/b6-5+. The number of nitrogens with zero attached hydrogens (tertiary/aromatic N) is 2. The molecule has 1 amide bonds. The van der Waals surface area contributed by atoms with Crippen LogP contribution >= 0.6 is 11.6 Å². The highest BCUT2D eigenvalue weighted by molar-refractivity contribution is 6.34. The average Bonchev–Trinajstić information content (AvgIpc) is 2.82. The summed E-state index contributed by atoms with van der Waals surface area (Å²) in [5.74, 6) is 0.609. The van der Waals surface area contributed by atoms with E-state index in [9.17, 15) is 4.79 Å². The molecule has 0 aliphatic heterocycles. The quantitative estimate of drug-likeness (QED) is 0.925. The Balaban J connectivity index is 2.38. The number of methoxy groups -OCH3 is 1. The minimum absolute atomic E-state index is 0.283. The fraction of sp³-hybridized carbons (Fsp3) is 0.375. The summed E-state index contributed by atoms with van der Waals surface area (Å²) >= 11 is 6.10. The Morgan fingerprint density at radius 2 is 2.17 bits per heavy atom. The molecule has 0 saturated heterocycles. The summed E-state index contributed by atoms with van der Waals surface area (Å²) in [4.78, 5) is 11.1. The Hall–Kier alpha value is -2.21. The Morgan fingerprint density at radius 3 is 2.74 bits per heavy atom. The number of pyridine rings is 1. The maximum atomic E-state index is 11.1. The molecule has 0 spiro atoms. The van der Waals surface area contributed by atoms with Crippen LogP contribution in [0.4, 0.5) is 4.79 Å². The number of nitrogens with two attached hydrogens (primary N) is 1. The number of aromatic nitrogens is 2. The highest BCUT2D eigenvalue weighted by atomic mass is 35.5. The minimum Gasteiger partial charge on any atom is -0.494 e. The van der Waals surface area contributed by atoms with Crippen molar-refractivity contribution >= 4 is 29.3 Å².